The summed E-state index contributed by atoms with van der Waals surface area (Å²) in [6, 6.07) is 23.4. The molecule has 0 saturated carbocycles. The number of dihydropyridines is 1. The van der Waals surface area contributed by atoms with E-state index < -0.39 is 5.74 Å². The quantitative estimate of drug-likeness (QED) is 0.185. The molecule has 6 rings (SSSR count). The van der Waals surface area contributed by atoms with Crippen LogP contribution in [0.2, 0.25) is 0 Å². The van der Waals surface area contributed by atoms with Crippen LogP contribution in [0.3, 0.4) is 0 Å². The Labute approximate surface area is 247 Å². The number of nitrogens with zero attached hydrogens (tertiary/aromatic N) is 3. The molecular weight excluding hydrogens is 541 g/mol. The number of aromatic nitrogens is 2. The molecule has 2 radical (unpaired) electrons. The Morgan fingerprint density at radius 3 is 2.73 bits per heavy atom. The normalized spacial score (nSPS) is 16.0. The average Bonchev–Trinajstić information content (AvgIpc) is 3.56. The highest BCUT2D eigenvalue weighted by Crippen LogP contribution is 2.31. The lowest BCUT2D eigenvalue weighted by molar-refractivity contribution is 0.354. The number of fused-ring (bicyclic) bond motifs is 1. The van der Waals surface area contributed by atoms with E-state index in [-0.39, 0.29) is 0 Å². The zero-order chi connectivity index (χ0) is 28.3. The predicted molar refractivity (Wildman–Crippen MR) is 178 cm³/mol. The fraction of sp³-hybridized carbons (Fsp3) is 0.182. The summed E-state index contributed by atoms with van der Waals surface area (Å²) in [6.07, 6.45) is 9.16. The van der Waals surface area contributed by atoms with Gasteiger partial charge in [0.05, 0.1) is 23.3 Å². The highest BCUT2D eigenvalue weighted by atomic mass is 31.1. The Balaban J connectivity index is 1.35. The third-order valence-corrected chi connectivity index (χ3v) is 8.79. The van der Waals surface area contributed by atoms with Crippen molar-refractivity contribution in [3.8, 4) is 5.75 Å². The summed E-state index contributed by atoms with van der Waals surface area (Å²) in [5.74, 6) is 1.35. The van der Waals surface area contributed by atoms with Gasteiger partial charge in [-0.05, 0) is 65.7 Å². The van der Waals surface area contributed by atoms with Crippen LogP contribution >= 0.6 is 17.8 Å². The van der Waals surface area contributed by atoms with Crippen molar-refractivity contribution in [1.82, 2.24) is 14.9 Å². The molecule has 5 nitrogen and oxygen atoms in total. The van der Waals surface area contributed by atoms with Crippen LogP contribution in [0, 0.1) is 0 Å². The minimum atomic E-state index is -0.477. The molecule has 0 amide bonds. The summed E-state index contributed by atoms with van der Waals surface area (Å²) in [5, 5.41) is 4.55. The Hall–Kier alpha value is -3.59. The topological polar surface area (TPSA) is 42.3 Å². The molecule has 1 fully saturated rings. The van der Waals surface area contributed by atoms with Gasteiger partial charge in [0.15, 0.2) is 0 Å². The number of rotatable bonds is 9. The second-order valence-corrected chi connectivity index (χ2v) is 12.3. The summed E-state index contributed by atoms with van der Waals surface area (Å²) in [5.41, 5.74) is 8.68. The standard InChI is InChI=1S/C33H33BN4OP2/c1-22-12-13-25(19-35-22)24-14-15-29-30(17-24)38(20-26-8-3-4-11-31(26)39-33(34)40)32(36-29)21-41-28-10-5-9-27(18-28)37-16-6-7-23(37)2/h3-5,8-15,17-19,33,35,41H,1-2,6-7,16,20-21,40H2. The van der Waals surface area contributed by atoms with Gasteiger partial charge in [-0.3, -0.25) is 0 Å². The molecule has 3 heterocycles. The third-order valence-electron chi connectivity index (χ3n) is 7.44. The van der Waals surface area contributed by atoms with E-state index in [1.54, 1.807) is 0 Å². The number of anilines is 1. The maximum atomic E-state index is 5.97. The van der Waals surface area contributed by atoms with Crippen LogP contribution in [0.1, 0.15) is 29.8 Å². The second-order valence-electron chi connectivity index (χ2n) is 10.3. The molecule has 0 aliphatic carbocycles. The molecule has 8 heteroatoms. The van der Waals surface area contributed by atoms with Crippen LogP contribution in [-0.2, 0) is 12.7 Å². The predicted octanol–water partition coefficient (Wildman–Crippen LogP) is 6.42. The van der Waals surface area contributed by atoms with Gasteiger partial charge < -0.3 is 19.5 Å². The van der Waals surface area contributed by atoms with Gasteiger partial charge >= 0.3 is 0 Å². The van der Waals surface area contributed by atoms with Gasteiger partial charge in [-0.25, -0.2) is 4.98 Å². The van der Waals surface area contributed by atoms with Crippen molar-refractivity contribution in [3.63, 3.8) is 0 Å². The van der Waals surface area contributed by atoms with Gasteiger partial charge in [-0.2, -0.15) is 0 Å². The third kappa shape index (κ3) is 6.20. The van der Waals surface area contributed by atoms with E-state index in [1.807, 2.05) is 30.5 Å². The van der Waals surface area contributed by atoms with Crippen LogP contribution in [0.4, 0.5) is 5.69 Å². The Bertz CT molecular complexity index is 1690. The number of hydrogen-bond acceptors (Lipinski definition) is 4. The molecule has 0 bridgehead atoms. The summed E-state index contributed by atoms with van der Waals surface area (Å²) < 4.78 is 8.26. The molecule has 2 aliphatic rings. The van der Waals surface area contributed by atoms with Crippen LogP contribution in [0.15, 0.2) is 110 Å². The molecule has 4 aromatic rings. The number of benzene rings is 3. The van der Waals surface area contributed by atoms with Gasteiger partial charge in [-0.1, -0.05) is 64.2 Å². The molecular formula is C33H33BN4OP2. The van der Waals surface area contributed by atoms with Crippen molar-refractivity contribution in [2.24, 2.45) is 0 Å². The SMILES string of the molecule is [B]C(P)Oc1ccccc1Cn1c(CPc2cccc(N3CCCC3=C)c2)nc2ccc(C3=CNC(=C)C=C3)cc21. The number of ether oxygens (including phenoxy) is 1. The van der Waals surface area contributed by atoms with Crippen molar-refractivity contribution in [3.05, 3.63) is 127 Å². The minimum Gasteiger partial charge on any atom is -0.496 e. The lowest BCUT2D eigenvalue weighted by Crippen LogP contribution is -2.16. The van der Waals surface area contributed by atoms with Crippen molar-refractivity contribution in [1.29, 1.82) is 0 Å². The Morgan fingerprint density at radius 2 is 1.95 bits per heavy atom. The lowest BCUT2D eigenvalue weighted by Gasteiger charge is -2.20. The number of nitrogens with one attached hydrogen (secondary N) is 1. The summed E-state index contributed by atoms with van der Waals surface area (Å²) in [6.45, 7) is 9.91. The highest BCUT2D eigenvalue weighted by Gasteiger charge is 2.18. The zero-order valence-electron chi connectivity index (χ0n) is 23.0. The molecule has 1 aromatic heterocycles. The number of hydrogen-bond donors (Lipinski definition) is 1. The van der Waals surface area contributed by atoms with E-state index in [0.29, 0.717) is 15.1 Å². The molecule has 3 atom stereocenters. The van der Waals surface area contributed by atoms with Crippen molar-refractivity contribution in [2.45, 2.75) is 31.3 Å². The maximum Gasteiger partial charge on any atom is 0.132 e. The van der Waals surface area contributed by atoms with Gasteiger partial charge in [0.25, 0.3) is 0 Å². The second kappa shape index (κ2) is 12.1. The van der Waals surface area contributed by atoms with Crippen molar-refractivity contribution >= 4 is 53.3 Å². The highest BCUT2D eigenvalue weighted by molar-refractivity contribution is 7.46. The first-order chi connectivity index (χ1) is 19.9. The molecule has 2 aliphatic heterocycles. The van der Waals surface area contributed by atoms with E-state index in [9.17, 15) is 0 Å². The fourth-order valence-corrected chi connectivity index (χ4v) is 6.62. The molecule has 204 valence electrons. The van der Waals surface area contributed by atoms with Crippen molar-refractivity contribution < 1.29 is 4.74 Å². The van der Waals surface area contributed by atoms with E-state index in [2.05, 4.69) is 91.8 Å². The molecule has 1 saturated heterocycles. The summed E-state index contributed by atoms with van der Waals surface area (Å²) >= 11 is 0. The molecule has 0 spiro atoms. The van der Waals surface area contributed by atoms with Gasteiger partial charge in [0.1, 0.15) is 19.4 Å². The maximum absolute atomic E-state index is 5.97. The summed E-state index contributed by atoms with van der Waals surface area (Å²) in [7, 11) is 9.06. The molecule has 41 heavy (non-hydrogen) atoms. The Morgan fingerprint density at radius 1 is 1.07 bits per heavy atom. The van der Waals surface area contributed by atoms with E-state index in [0.717, 1.165) is 64.1 Å². The Kier molecular flexibility index (Phi) is 8.14. The van der Waals surface area contributed by atoms with Crippen LogP contribution in [0.5, 0.6) is 5.75 Å². The number of imidazole rings is 1. The first-order valence-corrected chi connectivity index (χ1v) is 15.7. The first-order valence-electron chi connectivity index (χ1n) is 13.8. The van der Waals surface area contributed by atoms with E-state index >= 15 is 0 Å². The molecule has 3 aromatic carbocycles. The smallest absolute Gasteiger partial charge is 0.132 e. The summed E-state index contributed by atoms with van der Waals surface area (Å²) in [4.78, 5) is 7.48. The number of para-hydroxylation sites is 1. The minimum absolute atomic E-state index is 0.477. The van der Waals surface area contributed by atoms with Gasteiger partial charge in [0.2, 0.25) is 0 Å². The van der Waals surface area contributed by atoms with E-state index in [1.165, 1.54) is 23.1 Å². The van der Waals surface area contributed by atoms with Gasteiger partial charge in [0, 0.05) is 41.6 Å². The van der Waals surface area contributed by atoms with Crippen molar-refractivity contribution in [2.75, 3.05) is 11.4 Å². The molecule has 1 N–H and O–H groups in total. The molecule has 3 unspecified atom stereocenters. The fourth-order valence-electron chi connectivity index (χ4n) is 5.38. The van der Waals surface area contributed by atoms with Crippen LogP contribution in [0.25, 0.3) is 16.6 Å². The van der Waals surface area contributed by atoms with E-state index in [4.69, 9.17) is 17.6 Å². The number of allylic oxidation sites excluding steroid dienone is 4. The van der Waals surface area contributed by atoms with Crippen LogP contribution in [-0.4, -0.2) is 29.7 Å². The average molecular weight is 574 g/mol. The zero-order valence-corrected chi connectivity index (χ0v) is 25.2. The van der Waals surface area contributed by atoms with Crippen LogP contribution < -0.4 is 20.3 Å². The first kappa shape index (κ1) is 27.6. The largest absolute Gasteiger partial charge is 0.496 e. The monoisotopic (exact) mass is 574 g/mol. The lowest BCUT2D eigenvalue weighted by atomic mass is 10.0. The van der Waals surface area contributed by atoms with Gasteiger partial charge in [-0.15, -0.1) is 9.24 Å².